The molecular weight excluding hydrogens is 264 g/mol. The normalized spacial score (nSPS) is 25.4. The molecule has 0 aromatic heterocycles. The third-order valence-corrected chi connectivity index (χ3v) is 4.07. The summed E-state index contributed by atoms with van der Waals surface area (Å²) in [4.78, 5) is 12.2. The number of amides is 1. The molecule has 2 aliphatic rings. The van der Waals surface area contributed by atoms with Gasteiger partial charge < -0.3 is 10.6 Å². The van der Waals surface area contributed by atoms with E-state index in [0.717, 1.165) is 25.9 Å². The van der Waals surface area contributed by atoms with Crippen LogP contribution in [0.2, 0.25) is 0 Å². The molecule has 0 saturated carbocycles. The van der Waals surface area contributed by atoms with Crippen LogP contribution in [0, 0.1) is 0 Å². The summed E-state index contributed by atoms with van der Waals surface area (Å²) in [5, 5.41) is 6.30. The van der Waals surface area contributed by atoms with Crippen molar-refractivity contribution in [3.8, 4) is 0 Å². The van der Waals surface area contributed by atoms with Gasteiger partial charge in [0.05, 0.1) is 0 Å². The summed E-state index contributed by atoms with van der Waals surface area (Å²) in [5.41, 5.74) is 8.83. The molecule has 4 N–H and O–H groups in total. The highest BCUT2D eigenvalue weighted by molar-refractivity contribution is 5.82. The predicted molar refractivity (Wildman–Crippen MR) is 82.4 cm³/mol. The van der Waals surface area contributed by atoms with Crippen LogP contribution in [0.4, 0.5) is 0 Å². The van der Waals surface area contributed by atoms with Gasteiger partial charge in [-0.15, -0.1) is 0 Å². The van der Waals surface area contributed by atoms with Crippen LogP contribution in [-0.2, 0) is 4.79 Å². The van der Waals surface area contributed by atoms with E-state index in [1.165, 1.54) is 11.1 Å². The van der Waals surface area contributed by atoms with Crippen LogP contribution in [0.15, 0.2) is 42.0 Å². The number of rotatable bonds is 4. The number of carbonyl (C=O) groups is 1. The molecule has 5 nitrogen and oxygen atoms in total. The summed E-state index contributed by atoms with van der Waals surface area (Å²) in [6, 6.07) is 10.2. The molecule has 112 valence electrons. The molecule has 1 aromatic rings. The first-order valence-corrected chi connectivity index (χ1v) is 7.55. The minimum absolute atomic E-state index is 0.0698. The minimum Gasteiger partial charge on any atom is -0.351 e. The highest BCUT2D eigenvalue weighted by Crippen LogP contribution is 2.21. The summed E-state index contributed by atoms with van der Waals surface area (Å²) in [6.07, 6.45) is 3.95. The van der Waals surface area contributed by atoms with Crippen molar-refractivity contribution < 1.29 is 4.79 Å². The van der Waals surface area contributed by atoms with Crippen LogP contribution in [0.1, 0.15) is 24.4 Å². The third kappa shape index (κ3) is 3.69. The smallest absolute Gasteiger partial charge is 0.238 e. The van der Waals surface area contributed by atoms with Gasteiger partial charge in [0.25, 0.3) is 0 Å². The fraction of sp³-hybridized carbons (Fsp3) is 0.438. The Labute approximate surface area is 125 Å². The van der Waals surface area contributed by atoms with Gasteiger partial charge in [0.15, 0.2) is 0 Å². The Kier molecular flexibility index (Phi) is 4.65. The van der Waals surface area contributed by atoms with Crippen LogP contribution < -0.4 is 21.5 Å². The van der Waals surface area contributed by atoms with E-state index in [1.54, 1.807) is 0 Å². The lowest BCUT2D eigenvalue weighted by Gasteiger charge is -2.16. The van der Waals surface area contributed by atoms with Crippen molar-refractivity contribution in [1.82, 2.24) is 21.5 Å². The first-order valence-electron chi connectivity index (χ1n) is 7.55. The Hall–Kier alpha value is -1.69. The van der Waals surface area contributed by atoms with Gasteiger partial charge in [0.2, 0.25) is 5.91 Å². The molecule has 0 radical (unpaired) electrons. The number of benzene rings is 1. The van der Waals surface area contributed by atoms with Gasteiger partial charge in [-0.05, 0) is 24.9 Å². The van der Waals surface area contributed by atoms with E-state index in [-0.39, 0.29) is 18.0 Å². The van der Waals surface area contributed by atoms with Crippen LogP contribution in [0.3, 0.4) is 0 Å². The molecule has 2 heterocycles. The van der Waals surface area contributed by atoms with Crippen molar-refractivity contribution in [3.63, 3.8) is 0 Å². The SMILES string of the molecule is O=C(NCC1=CCNCC1)C1CC(c2ccccc2)NN1. The maximum atomic E-state index is 12.2. The van der Waals surface area contributed by atoms with E-state index < -0.39 is 0 Å². The van der Waals surface area contributed by atoms with Gasteiger partial charge in [0.1, 0.15) is 6.04 Å². The van der Waals surface area contributed by atoms with E-state index in [2.05, 4.69) is 39.7 Å². The first kappa shape index (κ1) is 14.3. The van der Waals surface area contributed by atoms with E-state index in [9.17, 15) is 4.79 Å². The van der Waals surface area contributed by atoms with Crippen molar-refractivity contribution >= 4 is 5.91 Å². The minimum atomic E-state index is -0.169. The first-order chi connectivity index (χ1) is 10.3. The van der Waals surface area contributed by atoms with Gasteiger partial charge >= 0.3 is 0 Å². The monoisotopic (exact) mass is 286 g/mol. The second-order valence-electron chi connectivity index (χ2n) is 5.57. The number of hydrogen-bond donors (Lipinski definition) is 4. The lowest BCUT2D eigenvalue weighted by Crippen LogP contribution is -2.44. The summed E-state index contributed by atoms with van der Waals surface area (Å²) >= 11 is 0. The molecule has 1 fully saturated rings. The molecule has 21 heavy (non-hydrogen) atoms. The molecule has 1 amide bonds. The summed E-state index contributed by atoms with van der Waals surface area (Å²) in [7, 11) is 0. The Balaban J connectivity index is 1.49. The maximum Gasteiger partial charge on any atom is 0.238 e. The van der Waals surface area contributed by atoms with E-state index >= 15 is 0 Å². The predicted octanol–water partition coefficient (Wildman–Crippen LogP) is 0.630. The molecule has 2 atom stereocenters. The average molecular weight is 286 g/mol. The van der Waals surface area contributed by atoms with Crippen molar-refractivity contribution in [3.05, 3.63) is 47.5 Å². The topological polar surface area (TPSA) is 65.2 Å². The number of hydrogen-bond acceptors (Lipinski definition) is 4. The van der Waals surface area contributed by atoms with E-state index in [1.807, 2.05) is 18.2 Å². The Morgan fingerprint density at radius 2 is 2.10 bits per heavy atom. The average Bonchev–Trinajstić information content (AvgIpc) is 3.04. The number of nitrogens with one attached hydrogen (secondary N) is 4. The molecule has 1 saturated heterocycles. The Morgan fingerprint density at radius 1 is 1.24 bits per heavy atom. The highest BCUT2D eigenvalue weighted by atomic mass is 16.2. The fourth-order valence-electron chi connectivity index (χ4n) is 2.79. The van der Waals surface area contributed by atoms with Crippen LogP contribution in [0.25, 0.3) is 0 Å². The van der Waals surface area contributed by atoms with E-state index in [4.69, 9.17) is 0 Å². The molecule has 1 aromatic carbocycles. The van der Waals surface area contributed by atoms with Crippen molar-refractivity contribution in [2.45, 2.75) is 24.9 Å². The zero-order valence-corrected chi connectivity index (χ0v) is 12.1. The zero-order chi connectivity index (χ0) is 14.5. The summed E-state index contributed by atoms with van der Waals surface area (Å²) in [5.74, 6) is 0.0698. The molecule has 0 aliphatic carbocycles. The second-order valence-corrected chi connectivity index (χ2v) is 5.57. The molecular formula is C16H22N4O. The molecule has 0 bridgehead atoms. The maximum absolute atomic E-state index is 12.2. The van der Waals surface area contributed by atoms with Crippen molar-refractivity contribution in [2.24, 2.45) is 0 Å². The Bertz CT molecular complexity index is 514. The van der Waals surface area contributed by atoms with Gasteiger partial charge in [-0.3, -0.25) is 4.79 Å². The van der Waals surface area contributed by atoms with Gasteiger partial charge in [0, 0.05) is 19.1 Å². The molecule has 2 unspecified atom stereocenters. The van der Waals surface area contributed by atoms with Crippen molar-refractivity contribution in [1.29, 1.82) is 0 Å². The van der Waals surface area contributed by atoms with Gasteiger partial charge in [-0.25, -0.2) is 10.9 Å². The summed E-state index contributed by atoms with van der Waals surface area (Å²) < 4.78 is 0. The zero-order valence-electron chi connectivity index (χ0n) is 12.1. The molecule has 0 spiro atoms. The second kappa shape index (κ2) is 6.85. The Morgan fingerprint density at radius 3 is 2.86 bits per heavy atom. The summed E-state index contributed by atoms with van der Waals surface area (Å²) in [6.45, 7) is 2.57. The quantitative estimate of drug-likeness (QED) is 0.613. The van der Waals surface area contributed by atoms with E-state index in [0.29, 0.717) is 6.54 Å². The fourth-order valence-corrected chi connectivity index (χ4v) is 2.79. The standard InChI is InChI=1S/C16H22N4O/c21-16(18-11-12-6-8-17-9-7-12)15-10-14(19-20-15)13-4-2-1-3-5-13/h1-6,14-15,17,19-20H,7-11H2,(H,18,21). The lowest BCUT2D eigenvalue weighted by atomic mass is 10.0. The van der Waals surface area contributed by atoms with Crippen molar-refractivity contribution in [2.75, 3.05) is 19.6 Å². The van der Waals surface area contributed by atoms with Gasteiger partial charge in [-0.1, -0.05) is 42.0 Å². The third-order valence-electron chi connectivity index (χ3n) is 4.07. The highest BCUT2D eigenvalue weighted by Gasteiger charge is 2.29. The molecule has 3 rings (SSSR count). The van der Waals surface area contributed by atoms with Gasteiger partial charge in [-0.2, -0.15) is 0 Å². The lowest BCUT2D eigenvalue weighted by molar-refractivity contribution is -0.122. The number of hydrazine groups is 1. The molecule has 5 heteroatoms. The molecule has 2 aliphatic heterocycles. The van der Waals surface area contributed by atoms with Crippen LogP contribution >= 0.6 is 0 Å². The van der Waals surface area contributed by atoms with Crippen LogP contribution in [-0.4, -0.2) is 31.6 Å². The largest absolute Gasteiger partial charge is 0.351 e. The number of carbonyl (C=O) groups excluding carboxylic acids is 1. The van der Waals surface area contributed by atoms with Crippen LogP contribution in [0.5, 0.6) is 0 Å².